The summed E-state index contributed by atoms with van der Waals surface area (Å²) in [6.07, 6.45) is 3.11. The highest BCUT2D eigenvalue weighted by Gasteiger charge is 2.14. The average Bonchev–Trinajstić information content (AvgIpc) is 2.77. The molecular weight excluding hydrogens is 511 g/mol. The smallest absolute Gasteiger partial charge is 0.337 e. The summed E-state index contributed by atoms with van der Waals surface area (Å²) < 4.78 is 16.7. The van der Waals surface area contributed by atoms with Crippen molar-refractivity contribution in [1.29, 1.82) is 5.26 Å². The number of nitrogens with zero attached hydrogens (tertiary/aromatic N) is 1. The molecule has 7 nitrogen and oxygen atoms in total. The van der Waals surface area contributed by atoms with Gasteiger partial charge in [0.25, 0.3) is 5.91 Å². The molecule has 0 aliphatic carbocycles. The standard InChI is InChI=1S/C23H21IN2O5/c1-4-10-31-21-19(24)12-15(13-20(21)30-5-2)11-17(14-25)22(27)26-18-8-6-16(7-9-18)23(28)29-3/h4,6-9,11-13H,1,5,10H2,2-3H3,(H,26,27)/b17-11+. The van der Waals surface area contributed by atoms with Crippen molar-refractivity contribution in [3.05, 3.63) is 69.3 Å². The molecular formula is C23H21IN2O5. The maximum atomic E-state index is 12.6. The van der Waals surface area contributed by atoms with Gasteiger partial charge in [0.1, 0.15) is 18.2 Å². The number of anilines is 1. The minimum Gasteiger partial charge on any atom is -0.490 e. The summed E-state index contributed by atoms with van der Waals surface area (Å²) in [5, 5.41) is 12.1. The molecule has 2 aromatic rings. The van der Waals surface area contributed by atoms with Gasteiger partial charge in [-0.05, 0) is 77.6 Å². The largest absolute Gasteiger partial charge is 0.490 e. The van der Waals surface area contributed by atoms with E-state index in [4.69, 9.17) is 9.47 Å². The number of methoxy groups -OCH3 is 1. The van der Waals surface area contributed by atoms with Crippen LogP contribution in [0.2, 0.25) is 0 Å². The van der Waals surface area contributed by atoms with Gasteiger partial charge in [-0.2, -0.15) is 5.26 Å². The third kappa shape index (κ3) is 6.58. The van der Waals surface area contributed by atoms with Crippen LogP contribution in [0.15, 0.2) is 54.6 Å². The molecule has 1 N–H and O–H groups in total. The Hall–Kier alpha value is -3.32. The Morgan fingerprint density at radius 2 is 1.94 bits per heavy atom. The van der Waals surface area contributed by atoms with Gasteiger partial charge in [0.2, 0.25) is 0 Å². The minimum atomic E-state index is -0.576. The van der Waals surface area contributed by atoms with Gasteiger partial charge in [-0.1, -0.05) is 12.7 Å². The molecule has 0 atom stereocenters. The molecule has 0 unspecified atom stereocenters. The first kappa shape index (κ1) is 24.0. The zero-order chi connectivity index (χ0) is 22.8. The van der Waals surface area contributed by atoms with Crippen LogP contribution >= 0.6 is 22.6 Å². The second-order valence-corrected chi connectivity index (χ2v) is 7.22. The molecule has 0 saturated carbocycles. The van der Waals surface area contributed by atoms with E-state index in [0.717, 1.165) is 3.57 Å². The van der Waals surface area contributed by atoms with E-state index < -0.39 is 11.9 Å². The molecule has 0 bridgehead atoms. The molecule has 2 rings (SSSR count). The summed E-state index contributed by atoms with van der Waals surface area (Å²) in [4.78, 5) is 24.1. The molecule has 1 amide bonds. The lowest BCUT2D eigenvalue weighted by molar-refractivity contribution is -0.112. The number of ether oxygens (including phenoxy) is 3. The van der Waals surface area contributed by atoms with Crippen molar-refractivity contribution in [2.45, 2.75) is 6.92 Å². The van der Waals surface area contributed by atoms with E-state index in [0.29, 0.717) is 41.5 Å². The van der Waals surface area contributed by atoms with Crippen molar-refractivity contribution < 1.29 is 23.8 Å². The number of hydrogen-bond acceptors (Lipinski definition) is 6. The predicted molar refractivity (Wildman–Crippen MR) is 126 cm³/mol. The molecule has 0 fully saturated rings. The van der Waals surface area contributed by atoms with Gasteiger partial charge in [0, 0.05) is 5.69 Å². The Morgan fingerprint density at radius 3 is 2.52 bits per heavy atom. The number of carbonyl (C=O) groups is 2. The van der Waals surface area contributed by atoms with Crippen molar-refractivity contribution in [1.82, 2.24) is 0 Å². The third-order valence-corrected chi connectivity index (χ3v) is 4.72. The fraction of sp³-hybridized carbons (Fsp3) is 0.174. The van der Waals surface area contributed by atoms with Crippen LogP contribution in [0.25, 0.3) is 6.08 Å². The van der Waals surface area contributed by atoms with Gasteiger partial charge in [-0.25, -0.2) is 4.79 Å². The lowest BCUT2D eigenvalue weighted by Crippen LogP contribution is -2.13. The summed E-state index contributed by atoms with van der Waals surface area (Å²) >= 11 is 2.11. The quantitative estimate of drug-likeness (QED) is 0.167. The molecule has 31 heavy (non-hydrogen) atoms. The van der Waals surface area contributed by atoms with E-state index in [1.165, 1.54) is 25.3 Å². The molecule has 0 radical (unpaired) electrons. The zero-order valence-electron chi connectivity index (χ0n) is 17.1. The second kappa shape index (κ2) is 11.8. The Kier molecular flexibility index (Phi) is 9.09. The highest BCUT2D eigenvalue weighted by molar-refractivity contribution is 14.1. The van der Waals surface area contributed by atoms with E-state index in [9.17, 15) is 14.9 Å². The Bertz CT molecular complexity index is 1040. The third-order valence-electron chi connectivity index (χ3n) is 3.92. The number of nitriles is 1. The molecule has 0 aromatic heterocycles. The van der Waals surface area contributed by atoms with Crippen molar-refractivity contribution in [2.75, 3.05) is 25.6 Å². The fourth-order valence-electron chi connectivity index (χ4n) is 2.54. The maximum Gasteiger partial charge on any atom is 0.337 e. The fourth-order valence-corrected chi connectivity index (χ4v) is 3.32. The predicted octanol–water partition coefficient (Wildman–Crippen LogP) is 4.59. The monoisotopic (exact) mass is 532 g/mol. The van der Waals surface area contributed by atoms with Crippen molar-refractivity contribution in [3.63, 3.8) is 0 Å². The number of hydrogen-bond donors (Lipinski definition) is 1. The SMILES string of the molecule is C=CCOc1c(I)cc(/C=C(\C#N)C(=O)Nc2ccc(C(=O)OC)cc2)cc1OCC. The van der Waals surface area contributed by atoms with Crippen LogP contribution in [0, 0.1) is 14.9 Å². The van der Waals surface area contributed by atoms with Gasteiger partial charge in [0.15, 0.2) is 11.5 Å². The minimum absolute atomic E-state index is 0.0879. The van der Waals surface area contributed by atoms with E-state index in [1.54, 1.807) is 30.3 Å². The lowest BCUT2D eigenvalue weighted by atomic mass is 10.1. The van der Waals surface area contributed by atoms with Crippen LogP contribution in [-0.4, -0.2) is 32.2 Å². The second-order valence-electron chi connectivity index (χ2n) is 6.06. The molecule has 0 heterocycles. The molecule has 2 aromatic carbocycles. The number of amides is 1. The highest BCUT2D eigenvalue weighted by atomic mass is 127. The number of benzene rings is 2. The molecule has 160 valence electrons. The van der Waals surface area contributed by atoms with Gasteiger partial charge in [0.05, 0.1) is 22.9 Å². The molecule has 0 spiro atoms. The van der Waals surface area contributed by atoms with E-state index in [-0.39, 0.29) is 5.57 Å². The van der Waals surface area contributed by atoms with Crippen molar-refractivity contribution >= 4 is 46.2 Å². The molecule has 0 aliphatic rings. The summed E-state index contributed by atoms with van der Waals surface area (Å²) in [5.74, 6) is 0.0377. The lowest BCUT2D eigenvalue weighted by Gasteiger charge is -2.14. The molecule has 8 heteroatoms. The number of halogens is 1. The Labute approximate surface area is 194 Å². The van der Waals surface area contributed by atoms with Gasteiger partial charge < -0.3 is 19.5 Å². The van der Waals surface area contributed by atoms with Crippen molar-refractivity contribution in [3.8, 4) is 17.6 Å². The van der Waals surface area contributed by atoms with Crippen molar-refractivity contribution in [2.24, 2.45) is 0 Å². The summed E-state index contributed by atoms with van der Waals surface area (Å²) in [7, 11) is 1.29. The number of nitrogens with one attached hydrogen (secondary N) is 1. The maximum absolute atomic E-state index is 12.6. The topological polar surface area (TPSA) is 97.7 Å². The van der Waals surface area contributed by atoms with Crippen LogP contribution in [0.3, 0.4) is 0 Å². The van der Waals surface area contributed by atoms with Crippen LogP contribution in [0.5, 0.6) is 11.5 Å². The number of rotatable bonds is 9. The van der Waals surface area contributed by atoms with E-state index in [2.05, 4.69) is 39.2 Å². The van der Waals surface area contributed by atoms with Crippen LogP contribution < -0.4 is 14.8 Å². The number of esters is 1. The first-order valence-corrected chi connectivity index (χ1v) is 10.3. The molecule has 0 saturated heterocycles. The van der Waals surface area contributed by atoms with Crippen LogP contribution in [0.1, 0.15) is 22.8 Å². The highest BCUT2D eigenvalue weighted by Crippen LogP contribution is 2.35. The Morgan fingerprint density at radius 1 is 1.23 bits per heavy atom. The van der Waals surface area contributed by atoms with Gasteiger partial charge in [-0.3, -0.25) is 4.79 Å². The van der Waals surface area contributed by atoms with Crippen LogP contribution in [0.4, 0.5) is 5.69 Å². The summed E-state index contributed by atoms with van der Waals surface area (Å²) in [6.45, 7) is 6.25. The van der Waals surface area contributed by atoms with Crippen LogP contribution in [-0.2, 0) is 9.53 Å². The van der Waals surface area contributed by atoms with Gasteiger partial charge >= 0.3 is 5.97 Å². The summed E-state index contributed by atoms with van der Waals surface area (Å²) in [5.41, 5.74) is 1.33. The van der Waals surface area contributed by atoms with Gasteiger partial charge in [-0.15, -0.1) is 0 Å². The Balaban J connectivity index is 2.27. The normalized spacial score (nSPS) is 10.6. The first-order chi connectivity index (χ1) is 14.9. The molecule has 0 aliphatic heterocycles. The zero-order valence-corrected chi connectivity index (χ0v) is 19.3. The van der Waals surface area contributed by atoms with E-state index >= 15 is 0 Å². The summed E-state index contributed by atoms with van der Waals surface area (Å²) in [6, 6.07) is 11.6. The first-order valence-electron chi connectivity index (χ1n) is 9.25. The average molecular weight is 532 g/mol. The number of carbonyl (C=O) groups excluding carboxylic acids is 2. The van der Waals surface area contributed by atoms with E-state index in [1.807, 2.05) is 13.0 Å².